The van der Waals surface area contributed by atoms with Crippen LogP contribution in [0.3, 0.4) is 0 Å². The molecule has 116 valence electrons. The molecular weight excluding hydrogens is 264 g/mol. The zero-order chi connectivity index (χ0) is 15.2. The van der Waals surface area contributed by atoms with E-state index in [4.69, 9.17) is 14.2 Å². The minimum atomic E-state index is 0.260. The second-order valence-corrected chi connectivity index (χ2v) is 5.93. The van der Waals surface area contributed by atoms with E-state index < -0.39 is 0 Å². The molecule has 3 nitrogen and oxygen atoms in total. The molecule has 21 heavy (non-hydrogen) atoms. The van der Waals surface area contributed by atoms with Gasteiger partial charge in [0, 0.05) is 0 Å². The van der Waals surface area contributed by atoms with Gasteiger partial charge in [-0.1, -0.05) is 32.1 Å². The molecule has 0 spiro atoms. The van der Waals surface area contributed by atoms with E-state index in [0.717, 1.165) is 17.7 Å². The first kappa shape index (κ1) is 16.1. The number of allylic oxidation sites excluding steroid dienone is 1. The number of epoxide rings is 1. The molecule has 1 heterocycles. The van der Waals surface area contributed by atoms with E-state index >= 15 is 0 Å². The number of methoxy groups -OCH3 is 1. The zero-order valence-corrected chi connectivity index (χ0v) is 13.2. The number of rotatable bonds is 9. The van der Waals surface area contributed by atoms with Crippen molar-refractivity contribution in [2.45, 2.75) is 39.1 Å². The largest absolute Gasteiger partial charge is 0.497 e. The Balaban J connectivity index is 1.65. The van der Waals surface area contributed by atoms with Gasteiger partial charge in [-0.15, -0.1) is 6.58 Å². The second kappa shape index (κ2) is 7.62. The second-order valence-electron chi connectivity index (χ2n) is 5.93. The summed E-state index contributed by atoms with van der Waals surface area (Å²) in [7, 11) is 1.67. The van der Waals surface area contributed by atoms with Crippen molar-refractivity contribution in [3.63, 3.8) is 0 Å². The molecule has 3 heteroatoms. The van der Waals surface area contributed by atoms with Crippen LogP contribution in [0.5, 0.6) is 5.75 Å². The fraction of sp³-hybridized carbons (Fsp3) is 0.556. The Kier molecular flexibility index (Phi) is 5.83. The first-order valence-electron chi connectivity index (χ1n) is 7.62. The Bertz CT molecular complexity index is 440. The van der Waals surface area contributed by atoms with E-state index in [2.05, 4.69) is 20.4 Å². The summed E-state index contributed by atoms with van der Waals surface area (Å²) in [4.78, 5) is 0. The molecule has 1 aromatic rings. The van der Waals surface area contributed by atoms with Crippen LogP contribution in [-0.2, 0) is 16.1 Å². The lowest BCUT2D eigenvalue weighted by atomic mass is 9.93. The van der Waals surface area contributed by atoms with Crippen LogP contribution in [0.2, 0.25) is 0 Å². The number of hydrogen-bond acceptors (Lipinski definition) is 3. The van der Waals surface area contributed by atoms with E-state index in [-0.39, 0.29) is 6.10 Å². The molecule has 0 amide bonds. The van der Waals surface area contributed by atoms with Gasteiger partial charge in [0.15, 0.2) is 0 Å². The van der Waals surface area contributed by atoms with E-state index in [1.807, 2.05) is 30.3 Å². The van der Waals surface area contributed by atoms with Gasteiger partial charge in [-0.2, -0.15) is 0 Å². The van der Waals surface area contributed by atoms with Gasteiger partial charge in [0.25, 0.3) is 0 Å². The minimum Gasteiger partial charge on any atom is -0.497 e. The highest BCUT2D eigenvalue weighted by atomic mass is 16.6. The third-order valence-electron chi connectivity index (χ3n) is 4.04. The van der Waals surface area contributed by atoms with Gasteiger partial charge in [-0.05, 0) is 36.0 Å². The van der Waals surface area contributed by atoms with Crippen LogP contribution in [0.1, 0.15) is 25.8 Å². The Morgan fingerprint density at radius 1 is 1.29 bits per heavy atom. The van der Waals surface area contributed by atoms with Gasteiger partial charge in [0.05, 0.1) is 26.4 Å². The van der Waals surface area contributed by atoms with E-state index in [1.165, 1.54) is 0 Å². The molecule has 1 fully saturated rings. The summed E-state index contributed by atoms with van der Waals surface area (Å²) in [6.45, 7) is 9.56. The van der Waals surface area contributed by atoms with Crippen LogP contribution >= 0.6 is 0 Å². The summed E-state index contributed by atoms with van der Waals surface area (Å²) in [5.74, 6) is 1.98. The SMILES string of the molecule is C=C[C@@H](C)CC(C)[C@@H]1O[C@H]1COCc1ccc(OC)cc1. The molecule has 0 aromatic heterocycles. The van der Waals surface area contributed by atoms with Crippen molar-refractivity contribution >= 4 is 0 Å². The third kappa shape index (κ3) is 4.87. The molecule has 1 aromatic carbocycles. The topological polar surface area (TPSA) is 31.0 Å². The van der Waals surface area contributed by atoms with E-state index in [9.17, 15) is 0 Å². The summed E-state index contributed by atoms with van der Waals surface area (Å²) < 4.78 is 16.6. The van der Waals surface area contributed by atoms with Gasteiger partial charge in [-0.25, -0.2) is 0 Å². The Morgan fingerprint density at radius 2 is 2.00 bits per heavy atom. The molecule has 1 unspecified atom stereocenters. The predicted octanol–water partition coefficient (Wildman–Crippen LogP) is 3.83. The van der Waals surface area contributed by atoms with Crippen LogP contribution in [0.4, 0.5) is 0 Å². The number of benzene rings is 1. The molecule has 1 aliphatic rings. The Labute approximate surface area is 127 Å². The van der Waals surface area contributed by atoms with Crippen molar-refractivity contribution in [2.75, 3.05) is 13.7 Å². The zero-order valence-electron chi connectivity index (χ0n) is 13.2. The molecule has 0 radical (unpaired) electrons. The van der Waals surface area contributed by atoms with Crippen molar-refractivity contribution in [2.24, 2.45) is 11.8 Å². The summed E-state index contributed by atoms with van der Waals surface area (Å²) in [5.41, 5.74) is 1.15. The maximum absolute atomic E-state index is 5.74. The number of hydrogen-bond donors (Lipinski definition) is 0. The monoisotopic (exact) mass is 290 g/mol. The van der Waals surface area contributed by atoms with Gasteiger partial charge in [0.1, 0.15) is 11.9 Å². The first-order valence-corrected chi connectivity index (χ1v) is 7.62. The first-order chi connectivity index (χ1) is 10.1. The third-order valence-corrected chi connectivity index (χ3v) is 4.04. The van der Waals surface area contributed by atoms with Crippen LogP contribution in [0.15, 0.2) is 36.9 Å². The summed E-state index contributed by atoms with van der Waals surface area (Å²) in [6.07, 6.45) is 3.75. The Morgan fingerprint density at radius 3 is 2.62 bits per heavy atom. The molecule has 2 rings (SSSR count). The molecular formula is C18H26O3. The fourth-order valence-corrected chi connectivity index (χ4v) is 2.62. The number of ether oxygens (including phenoxy) is 3. The summed E-state index contributed by atoms with van der Waals surface area (Å²) >= 11 is 0. The van der Waals surface area contributed by atoms with Gasteiger partial charge < -0.3 is 14.2 Å². The van der Waals surface area contributed by atoms with Crippen molar-refractivity contribution in [3.8, 4) is 5.75 Å². The predicted molar refractivity (Wildman–Crippen MR) is 84.5 cm³/mol. The highest BCUT2D eigenvalue weighted by molar-refractivity contribution is 5.26. The average molecular weight is 290 g/mol. The molecule has 0 saturated carbocycles. The van der Waals surface area contributed by atoms with E-state index in [0.29, 0.717) is 31.2 Å². The molecule has 1 saturated heterocycles. The minimum absolute atomic E-state index is 0.260. The highest BCUT2D eigenvalue weighted by Crippen LogP contribution is 2.33. The lowest BCUT2D eigenvalue weighted by Gasteiger charge is -2.11. The van der Waals surface area contributed by atoms with E-state index in [1.54, 1.807) is 7.11 Å². The smallest absolute Gasteiger partial charge is 0.118 e. The van der Waals surface area contributed by atoms with Crippen molar-refractivity contribution in [1.82, 2.24) is 0 Å². The normalized spacial score (nSPS) is 23.4. The van der Waals surface area contributed by atoms with Crippen molar-refractivity contribution in [3.05, 3.63) is 42.5 Å². The molecule has 4 atom stereocenters. The van der Waals surface area contributed by atoms with Crippen molar-refractivity contribution in [1.29, 1.82) is 0 Å². The molecule has 0 N–H and O–H groups in total. The lowest BCUT2D eigenvalue weighted by Crippen LogP contribution is -2.13. The lowest BCUT2D eigenvalue weighted by molar-refractivity contribution is 0.104. The molecule has 0 bridgehead atoms. The van der Waals surface area contributed by atoms with Gasteiger partial charge in [-0.3, -0.25) is 0 Å². The average Bonchev–Trinajstić information content (AvgIpc) is 3.27. The van der Waals surface area contributed by atoms with Gasteiger partial charge >= 0.3 is 0 Å². The summed E-state index contributed by atoms with van der Waals surface area (Å²) in [5, 5.41) is 0. The maximum Gasteiger partial charge on any atom is 0.118 e. The van der Waals surface area contributed by atoms with Crippen LogP contribution < -0.4 is 4.74 Å². The van der Waals surface area contributed by atoms with Gasteiger partial charge in [0.2, 0.25) is 0 Å². The quantitative estimate of drug-likeness (QED) is 0.511. The van der Waals surface area contributed by atoms with Crippen LogP contribution in [0, 0.1) is 11.8 Å². The molecule has 1 aliphatic heterocycles. The van der Waals surface area contributed by atoms with Crippen LogP contribution in [-0.4, -0.2) is 25.9 Å². The molecule has 0 aliphatic carbocycles. The standard InChI is InChI=1S/C18H26O3/c1-5-13(2)10-14(3)18-17(21-18)12-20-11-15-6-8-16(19-4)9-7-15/h5-9,13-14,17-18H,1,10-12H2,2-4H3/t13-,14?,17+,18+/m1/s1. The fourth-order valence-electron chi connectivity index (χ4n) is 2.62. The highest BCUT2D eigenvalue weighted by Gasteiger charge is 2.42. The van der Waals surface area contributed by atoms with Crippen molar-refractivity contribution < 1.29 is 14.2 Å². The van der Waals surface area contributed by atoms with Crippen LogP contribution in [0.25, 0.3) is 0 Å². The Hall–Kier alpha value is -1.32. The summed E-state index contributed by atoms with van der Waals surface area (Å²) in [6, 6.07) is 7.96. The maximum atomic E-state index is 5.74.